The molecule has 0 atom stereocenters. The quantitative estimate of drug-likeness (QED) is 0.711. The summed E-state index contributed by atoms with van der Waals surface area (Å²) in [5.74, 6) is 0.691. The summed E-state index contributed by atoms with van der Waals surface area (Å²) >= 11 is 0. The Kier molecular flexibility index (Phi) is 5.06. The molecule has 0 fully saturated rings. The van der Waals surface area contributed by atoms with Crippen LogP contribution in [0.1, 0.15) is 5.56 Å². The van der Waals surface area contributed by atoms with E-state index in [1.807, 2.05) is 60.7 Å². The van der Waals surface area contributed by atoms with Crippen LogP contribution in [0.25, 0.3) is 11.3 Å². The molecule has 0 bridgehead atoms. The largest absolute Gasteiger partial charge is 0.340 e. The molecule has 7 heteroatoms. The van der Waals surface area contributed by atoms with Crippen molar-refractivity contribution >= 4 is 21.5 Å². The average molecular weight is 354 g/mol. The molecule has 2 N–H and O–H groups in total. The minimum atomic E-state index is -3.19. The van der Waals surface area contributed by atoms with Crippen molar-refractivity contribution in [2.75, 3.05) is 11.6 Å². The van der Waals surface area contributed by atoms with Gasteiger partial charge >= 0.3 is 0 Å². The van der Waals surface area contributed by atoms with Gasteiger partial charge in [-0.2, -0.15) is 0 Å². The maximum atomic E-state index is 11.1. The molecular formula is C18H18N4O2S. The Labute approximate surface area is 147 Å². The summed E-state index contributed by atoms with van der Waals surface area (Å²) < 4.78 is 24.7. The van der Waals surface area contributed by atoms with E-state index in [0.717, 1.165) is 28.8 Å². The van der Waals surface area contributed by atoms with Gasteiger partial charge in [0.15, 0.2) is 0 Å². The van der Waals surface area contributed by atoms with Gasteiger partial charge in [0.25, 0.3) is 0 Å². The van der Waals surface area contributed by atoms with Crippen LogP contribution in [0.2, 0.25) is 0 Å². The van der Waals surface area contributed by atoms with Gasteiger partial charge in [0.2, 0.25) is 10.0 Å². The van der Waals surface area contributed by atoms with E-state index in [1.54, 1.807) is 0 Å². The molecule has 0 radical (unpaired) electrons. The smallest absolute Gasteiger partial charge is 0.209 e. The minimum absolute atomic E-state index is 0.269. The van der Waals surface area contributed by atoms with Gasteiger partial charge in [-0.15, -0.1) is 0 Å². The Balaban J connectivity index is 1.70. The Hall–Kier alpha value is -2.77. The van der Waals surface area contributed by atoms with Crippen LogP contribution in [0.15, 0.2) is 67.0 Å². The number of hydrogen-bond donors (Lipinski definition) is 2. The van der Waals surface area contributed by atoms with Crippen LogP contribution < -0.4 is 10.0 Å². The van der Waals surface area contributed by atoms with Crippen molar-refractivity contribution in [2.24, 2.45) is 0 Å². The number of nitrogens with zero attached hydrogens (tertiary/aromatic N) is 2. The zero-order valence-corrected chi connectivity index (χ0v) is 14.5. The fourth-order valence-electron chi connectivity index (χ4n) is 2.26. The summed E-state index contributed by atoms with van der Waals surface area (Å²) in [5.41, 5.74) is 3.60. The normalized spacial score (nSPS) is 11.2. The lowest BCUT2D eigenvalue weighted by Gasteiger charge is -2.08. The Morgan fingerprint density at radius 2 is 1.68 bits per heavy atom. The highest BCUT2D eigenvalue weighted by Gasteiger charge is 2.03. The molecule has 0 aliphatic rings. The monoisotopic (exact) mass is 354 g/mol. The molecule has 0 aliphatic heterocycles. The van der Waals surface area contributed by atoms with Crippen molar-refractivity contribution in [3.63, 3.8) is 0 Å². The predicted octanol–water partition coefficient (Wildman–Crippen LogP) is 2.94. The first-order valence-electron chi connectivity index (χ1n) is 7.68. The van der Waals surface area contributed by atoms with Crippen LogP contribution in [0.5, 0.6) is 0 Å². The lowest BCUT2D eigenvalue weighted by atomic mass is 10.1. The van der Waals surface area contributed by atoms with E-state index in [4.69, 9.17) is 0 Å². The third-order valence-corrected chi connectivity index (χ3v) is 4.17. The van der Waals surface area contributed by atoms with Gasteiger partial charge in [-0.1, -0.05) is 42.5 Å². The van der Waals surface area contributed by atoms with Gasteiger partial charge in [-0.25, -0.2) is 23.1 Å². The van der Waals surface area contributed by atoms with E-state index in [-0.39, 0.29) is 6.54 Å². The predicted molar refractivity (Wildman–Crippen MR) is 98.9 cm³/mol. The van der Waals surface area contributed by atoms with E-state index in [1.165, 1.54) is 6.33 Å². The molecule has 0 saturated heterocycles. The van der Waals surface area contributed by atoms with Crippen LogP contribution in [-0.2, 0) is 16.6 Å². The highest BCUT2D eigenvalue weighted by molar-refractivity contribution is 7.88. The fourth-order valence-corrected chi connectivity index (χ4v) is 2.69. The fraction of sp³-hybridized carbons (Fsp3) is 0.111. The molecule has 3 aromatic rings. The van der Waals surface area contributed by atoms with Gasteiger partial charge < -0.3 is 5.32 Å². The Morgan fingerprint density at radius 1 is 0.960 bits per heavy atom. The number of anilines is 2. The van der Waals surface area contributed by atoms with Crippen LogP contribution in [0.3, 0.4) is 0 Å². The highest BCUT2D eigenvalue weighted by atomic mass is 32.2. The first-order chi connectivity index (χ1) is 12.0. The van der Waals surface area contributed by atoms with Crippen LogP contribution in [0, 0.1) is 0 Å². The zero-order chi connectivity index (χ0) is 17.7. The van der Waals surface area contributed by atoms with E-state index < -0.39 is 10.0 Å². The third kappa shape index (κ3) is 5.10. The van der Waals surface area contributed by atoms with Crippen molar-refractivity contribution in [3.05, 3.63) is 72.6 Å². The van der Waals surface area contributed by atoms with Gasteiger partial charge in [0.1, 0.15) is 12.1 Å². The SMILES string of the molecule is CS(=O)(=O)NCc1ccc(Nc2cc(-c3ccccc3)ncn2)cc1. The zero-order valence-electron chi connectivity index (χ0n) is 13.7. The molecular weight excluding hydrogens is 336 g/mol. The van der Waals surface area contributed by atoms with E-state index in [9.17, 15) is 8.42 Å². The highest BCUT2D eigenvalue weighted by Crippen LogP contribution is 2.21. The summed E-state index contributed by atoms with van der Waals surface area (Å²) in [5, 5.41) is 3.22. The number of rotatable bonds is 6. The molecule has 6 nitrogen and oxygen atoms in total. The van der Waals surface area contributed by atoms with E-state index in [2.05, 4.69) is 20.0 Å². The summed E-state index contributed by atoms with van der Waals surface area (Å²) in [6, 6.07) is 19.2. The second kappa shape index (κ2) is 7.42. The van der Waals surface area contributed by atoms with Gasteiger partial charge in [0.05, 0.1) is 11.9 Å². The number of hydrogen-bond acceptors (Lipinski definition) is 5. The summed E-state index contributed by atoms with van der Waals surface area (Å²) in [4.78, 5) is 8.53. The molecule has 0 saturated carbocycles. The van der Waals surface area contributed by atoms with Crippen molar-refractivity contribution in [1.82, 2.24) is 14.7 Å². The molecule has 0 aliphatic carbocycles. The van der Waals surface area contributed by atoms with Crippen LogP contribution in [-0.4, -0.2) is 24.6 Å². The van der Waals surface area contributed by atoms with Gasteiger partial charge in [-0.05, 0) is 17.7 Å². The third-order valence-electron chi connectivity index (χ3n) is 3.50. The standard InChI is InChI=1S/C18H18N4O2S/c1-25(23,24)21-12-14-7-9-16(10-8-14)22-18-11-17(19-13-20-18)15-5-3-2-4-6-15/h2-11,13,21H,12H2,1H3,(H,19,20,22). The molecule has 128 valence electrons. The average Bonchev–Trinajstić information content (AvgIpc) is 2.61. The molecule has 0 spiro atoms. The number of nitrogens with one attached hydrogen (secondary N) is 2. The lowest BCUT2D eigenvalue weighted by Crippen LogP contribution is -2.21. The molecule has 3 rings (SSSR count). The second-order valence-corrected chi connectivity index (χ2v) is 7.40. The lowest BCUT2D eigenvalue weighted by molar-refractivity contribution is 0.587. The first-order valence-corrected chi connectivity index (χ1v) is 9.57. The number of benzene rings is 2. The molecule has 2 aromatic carbocycles. The van der Waals surface area contributed by atoms with Crippen molar-refractivity contribution in [1.29, 1.82) is 0 Å². The van der Waals surface area contributed by atoms with Crippen LogP contribution in [0.4, 0.5) is 11.5 Å². The van der Waals surface area contributed by atoms with Gasteiger partial charge in [-0.3, -0.25) is 0 Å². The first kappa shape index (κ1) is 17.1. The molecule has 0 amide bonds. The summed E-state index contributed by atoms with van der Waals surface area (Å²) in [6.07, 6.45) is 2.66. The van der Waals surface area contributed by atoms with Crippen molar-refractivity contribution < 1.29 is 8.42 Å². The van der Waals surface area contributed by atoms with Crippen molar-refractivity contribution in [2.45, 2.75) is 6.54 Å². The maximum absolute atomic E-state index is 11.1. The van der Waals surface area contributed by atoms with E-state index >= 15 is 0 Å². The Bertz CT molecular complexity index is 942. The topological polar surface area (TPSA) is 84.0 Å². The van der Waals surface area contributed by atoms with Gasteiger partial charge in [0, 0.05) is 23.9 Å². The van der Waals surface area contributed by atoms with E-state index in [0.29, 0.717) is 5.82 Å². The summed E-state index contributed by atoms with van der Waals surface area (Å²) in [6.45, 7) is 0.269. The second-order valence-electron chi connectivity index (χ2n) is 5.57. The molecule has 25 heavy (non-hydrogen) atoms. The molecule has 1 aromatic heterocycles. The maximum Gasteiger partial charge on any atom is 0.209 e. The summed E-state index contributed by atoms with van der Waals surface area (Å²) in [7, 11) is -3.19. The molecule has 0 unspecified atom stereocenters. The number of sulfonamides is 1. The number of aromatic nitrogens is 2. The Morgan fingerprint density at radius 3 is 2.36 bits per heavy atom. The van der Waals surface area contributed by atoms with Crippen LogP contribution >= 0.6 is 0 Å². The molecule has 1 heterocycles. The minimum Gasteiger partial charge on any atom is -0.340 e. The van der Waals surface area contributed by atoms with Crippen molar-refractivity contribution in [3.8, 4) is 11.3 Å².